The number of ether oxygens (including phenoxy) is 1. The van der Waals surface area contributed by atoms with Gasteiger partial charge in [0.15, 0.2) is 0 Å². The Kier molecular flexibility index (Phi) is 3.77. The summed E-state index contributed by atoms with van der Waals surface area (Å²) < 4.78 is 5.43. The van der Waals surface area contributed by atoms with Crippen molar-refractivity contribution in [2.24, 2.45) is 5.92 Å². The van der Waals surface area contributed by atoms with Gasteiger partial charge in [0.2, 0.25) is 0 Å². The molecule has 1 unspecified atom stereocenters. The van der Waals surface area contributed by atoms with Crippen LogP contribution in [-0.4, -0.2) is 28.0 Å². The van der Waals surface area contributed by atoms with Crippen LogP contribution < -0.4 is 15.5 Å². The maximum Gasteiger partial charge on any atom is 0.144 e. The summed E-state index contributed by atoms with van der Waals surface area (Å²) in [6.07, 6.45) is 1.11. The van der Waals surface area contributed by atoms with Gasteiger partial charge >= 0.3 is 0 Å². The van der Waals surface area contributed by atoms with E-state index in [-0.39, 0.29) is 0 Å². The zero-order valence-corrected chi connectivity index (χ0v) is 11.3. The van der Waals surface area contributed by atoms with E-state index in [1.165, 1.54) is 16.6 Å². The van der Waals surface area contributed by atoms with E-state index in [2.05, 4.69) is 39.1 Å². The summed E-state index contributed by atoms with van der Waals surface area (Å²) in [5, 5.41) is 3.54. The first-order valence-corrected chi connectivity index (χ1v) is 6.51. The predicted molar refractivity (Wildman–Crippen MR) is 75.3 cm³/mol. The van der Waals surface area contributed by atoms with E-state index < -0.39 is 0 Å². The minimum absolute atomic E-state index is 0.622. The third-order valence-corrected chi connectivity index (χ3v) is 3.80. The fourth-order valence-electron chi connectivity index (χ4n) is 2.72. The molecule has 1 aliphatic heterocycles. The summed E-state index contributed by atoms with van der Waals surface area (Å²) in [6, 6.07) is 4.55. The van der Waals surface area contributed by atoms with Gasteiger partial charge in [-0.05, 0) is 47.5 Å². The lowest BCUT2D eigenvalue weighted by Gasteiger charge is -2.22. The smallest absolute Gasteiger partial charge is 0.144 e. The molecule has 0 spiro atoms. The Labute approximate surface area is 105 Å². The van der Waals surface area contributed by atoms with Crippen molar-refractivity contribution in [2.75, 3.05) is 20.2 Å². The lowest BCUT2D eigenvalue weighted by atomic mass is 9.81. The number of methoxy groups -OCH3 is 1. The average molecular weight is 231 g/mol. The third kappa shape index (κ3) is 2.49. The zero-order valence-electron chi connectivity index (χ0n) is 11.3. The van der Waals surface area contributed by atoms with Crippen LogP contribution in [0.15, 0.2) is 12.1 Å². The van der Waals surface area contributed by atoms with Gasteiger partial charge in [-0.3, -0.25) is 0 Å². The Morgan fingerprint density at radius 1 is 1.41 bits per heavy atom. The summed E-state index contributed by atoms with van der Waals surface area (Å²) in [5.74, 6) is 2.32. The van der Waals surface area contributed by atoms with E-state index in [1.54, 1.807) is 7.11 Å². The molecule has 1 aromatic rings. The van der Waals surface area contributed by atoms with Crippen LogP contribution in [-0.2, 0) is 6.42 Å². The number of nitrogens with one attached hydrogen (secondary N) is 1. The summed E-state index contributed by atoms with van der Waals surface area (Å²) in [6.45, 7) is 6.78. The van der Waals surface area contributed by atoms with Crippen molar-refractivity contribution < 1.29 is 4.74 Å². The molecule has 0 bridgehead atoms. The van der Waals surface area contributed by atoms with Gasteiger partial charge in [0.25, 0.3) is 0 Å². The number of fused-ring (bicyclic) bond motifs is 1. The second-order valence-corrected chi connectivity index (χ2v) is 5.33. The summed E-state index contributed by atoms with van der Waals surface area (Å²) >= 11 is 0. The molecule has 1 N–H and O–H groups in total. The second kappa shape index (κ2) is 5.13. The molecule has 0 fully saturated rings. The third-order valence-electron chi connectivity index (χ3n) is 3.80. The van der Waals surface area contributed by atoms with Gasteiger partial charge in [-0.15, -0.1) is 0 Å². The fourth-order valence-corrected chi connectivity index (χ4v) is 2.72. The molecular formula is C14H22BNO. The van der Waals surface area contributed by atoms with E-state index in [4.69, 9.17) is 4.74 Å². The molecule has 0 aliphatic carbocycles. The van der Waals surface area contributed by atoms with Crippen LogP contribution in [0.4, 0.5) is 0 Å². The average Bonchev–Trinajstić information content (AvgIpc) is 2.49. The number of hydrogen-bond acceptors (Lipinski definition) is 2. The maximum absolute atomic E-state index is 5.43. The second-order valence-electron chi connectivity index (χ2n) is 5.33. The fraction of sp³-hybridized carbons (Fsp3) is 0.571. The molecule has 2 nitrogen and oxygen atoms in total. The molecule has 92 valence electrons. The molecule has 3 heteroatoms. The highest BCUT2D eigenvalue weighted by atomic mass is 16.5. The molecule has 1 aliphatic rings. The molecule has 17 heavy (non-hydrogen) atoms. The van der Waals surface area contributed by atoms with Gasteiger partial charge in [-0.1, -0.05) is 19.9 Å². The molecule has 1 atom stereocenters. The maximum atomic E-state index is 5.43. The SMILES string of the molecule is Bc1cc2c(cc1OC)CCNCC2C(C)C. The Morgan fingerprint density at radius 3 is 2.82 bits per heavy atom. The first-order chi connectivity index (χ1) is 8.13. The molecule has 1 aromatic carbocycles. The van der Waals surface area contributed by atoms with Crippen LogP contribution in [0.5, 0.6) is 5.75 Å². The van der Waals surface area contributed by atoms with E-state index >= 15 is 0 Å². The molecule has 0 aromatic heterocycles. The molecule has 0 radical (unpaired) electrons. The van der Waals surface area contributed by atoms with Gasteiger partial charge in [-0.2, -0.15) is 0 Å². The van der Waals surface area contributed by atoms with Crippen molar-refractivity contribution in [2.45, 2.75) is 26.2 Å². The van der Waals surface area contributed by atoms with E-state index in [1.807, 2.05) is 0 Å². The van der Waals surface area contributed by atoms with Crippen molar-refractivity contribution in [3.63, 3.8) is 0 Å². The highest BCUT2D eigenvalue weighted by Crippen LogP contribution is 2.30. The first kappa shape index (κ1) is 12.5. The Balaban J connectivity index is 2.47. The van der Waals surface area contributed by atoms with Crippen LogP contribution in [0.2, 0.25) is 0 Å². The van der Waals surface area contributed by atoms with Gasteiger partial charge in [0.05, 0.1) is 7.11 Å². The van der Waals surface area contributed by atoms with Crippen molar-refractivity contribution in [3.05, 3.63) is 23.3 Å². The van der Waals surface area contributed by atoms with Crippen LogP contribution in [0.25, 0.3) is 0 Å². The summed E-state index contributed by atoms with van der Waals surface area (Å²) in [4.78, 5) is 0. The van der Waals surface area contributed by atoms with Crippen molar-refractivity contribution in [3.8, 4) is 5.75 Å². The largest absolute Gasteiger partial charge is 0.497 e. The standard InChI is InChI=1S/C14H22BNO/c1-9(2)12-8-16-5-4-10-6-14(17-3)13(15)7-11(10)12/h6-7,9,12,16H,4-5,8,15H2,1-3H3. The van der Waals surface area contributed by atoms with Crippen molar-refractivity contribution in [1.29, 1.82) is 0 Å². The molecule has 0 amide bonds. The van der Waals surface area contributed by atoms with Crippen molar-refractivity contribution >= 4 is 13.3 Å². The minimum atomic E-state index is 0.622. The van der Waals surface area contributed by atoms with Gasteiger partial charge in [-0.25, -0.2) is 0 Å². The highest BCUT2D eigenvalue weighted by molar-refractivity contribution is 6.34. The van der Waals surface area contributed by atoms with Gasteiger partial charge < -0.3 is 10.1 Å². The Morgan fingerprint density at radius 2 is 2.18 bits per heavy atom. The molecule has 0 saturated carbocycles. The van der Waals surface area contributed by atoms with Crippen LogP contribution in [0.3, 0.4) is 0 Å². The van der Waals surface area contributed by atoms with Crippen molar-refractivity contribution in [1.82, 2.24) is 5.32 Å². The van der Waals surface area contributed by atoms with E-state index in [0.29, 0.717) is 11.8 Å². The quantitative estimate of drug-likeness (QED) is 0.761. The normalized spacial score (nSPS) is 19.9. The Hall–Kier alpha value is -0.955. The number of benzene rings is 1. The monoisotopic (exact) mass is 231 g/mol. The van der Waals surface area contributed by atoms with E-state index in [0.717, 1.165) is 25.3 Å². The molecule has 0 saturated heterocycles. The van der Waals surface area contributed by atoms with Crippen LogP contribution in [0.1, 0.15) is 30.9 Å². The van der Waals surface area contributed by atoms with E-state index in [9.17, 15) is 0 Å². The molecular weight excluding hydrogens is 209 g/mol. The number of rotatable bonds is 2. The predicted octanol–water partition coefficient (Wildman–Crippen LogP) is 0.839. The zero-order chi connectivity index (χ0) is 12.4. The minimum Gasteiger partial charge on any atom is -0.497 e. The topological polar surface area (TPSA) is 21.3 Å². The lowest BCUT2D eigenvalue weighted by molar-refractivity contribution is 0.417. The first-order valence-electron chi connectivity index (χ1n) is 6.51. The Bertz CT molecular complexity index is 403. The van der Waals surface area contributed by atoms with Crippen LogP contribution in [0, 0.1) is 5.92 Å². The van der Waals surface area contributed by atoms with Crippen LogP contribution >= 0.6 is 0 Å². The lowest BCUT2D eigenvalue weighted by Crippen LogP contribution is -2.23. The number of hydrogen-bond donors (Lipinski definition) is 1. The molecule has 1 heterocycles. The molecule has 2 rings (SSSR count). The highest BCUT2D eigenvalue weighted by Gasteiger charge is 2.22. The summed E-state index contributed by atoms with van der Waals surface area (Å²) in [7, 11) is 3.89. The summed E-state index contributed by atoms with van der Waals surface area (Å²) in [5.41, 5.74) is 4.22. The van der Waals surface area contributed by atoms with Gasteiger partial charge in [0, 0.05) is 6.54 Å². The van der Waals surface area contributed by atoms with Gasteiger partial charge in [0.1, 0.15) is 13.6 Å².